The molecule has 156 valence electrons. The van der Waals surface area contributed by atoms with Gasteiger partial charge in [0.05, 0.1) is 12.5 Å². The SMILES string of the molecule is Cc1ccc(N2CC(C(=O)NCc3ccc(S(=O)(=O)N(C)C)s3)CC2=O)cc1C. The topological polar surface area (TPSA) is 86.8 Å². The zero-order chi connectivity index (χ0) is 21.3. The average molecular weight is 436 g/mol. The second kappa shape index (κ2) is 8.25. The number of carbonyl (C=O) groups is 2. The molecule has 9 heteroatoms. The van der Waals surface area contributed by atoms with Crippen LogP contribution < -0.4 is 10.2 Å². The zero-order valence-electron chi connectivity index (χ0n) is 16.9. The molecule has 7 nitrogen and oxygen atoms in total. The fourth-order valence-electron chi connectivity index (χ4n) is 3.12. The third-order valence-electron chi connectivity index (χ3n) is 5.11. The van der Waals surface area contributed by atoms with Crippen molar-refractivity contribution in [3.05, 3.63) is 46.3 Å². The molecule has 2 heterocycles. The van der Waals surface area contributed by atoms with Crippen LogP contribution in [-0.4, -0.2) is 45.2 Å². The number of aryl methyl sites for hydroxylation is 2. The summed E-state index contributed by atoms with van der Waals surface area (Å²) in [7, 11) is -0.512. The van der Waals surface area contributed by atoms with Crippen molar-refractivity contribution in [3.63, 3.8) is 0 Å². The average Bonchev–Trinajstić information content (AvgIpc) is 3.29. The minimum Gasteiger partial charge on any atom is -0.351 e. The zero-order valence-corrected chi connectivity index (χ0v) is 18.6. The van der Waals surface area contributed by atoms with Gasteiger partial charge < -0.3 is 10.2 Å². The van der Waals surface area contributed by atoms with Gasteiger partial charge in [-0.1, -0.05) is 6.07 Å². The first kappa shape index (κ1) is 21.5. The summed E-state index contributed by atoms with van der Waals surface area (Å²) in [5.41, 5.74) is 3.07. The maximum atomic E-state index is 12.6. The Bertz CT molecular complexity index is 1040. The third kappa shape index (κ3) is 4.52. The molecule has 0 radical (unpaired) electrons. The number of rotatable bonds is 6. The van der Waals surface area contributed by atoms with Crippen LogP contribution in [-0.2, 0) is 26.2 Å². The first-order valence-electron chi connectivity index (χ1n) is 9.26. The van der Waals surface area contributed by atoms with Crippen molar-refractivity contribution >= 4 is 38.9 Å². The molecule has 1 atom stereocenters. The van der Waals surface area contributed by atoms with Gasteiger partial charge in [0.25, 0.3) is 10.0 Å². The first-order chi connectivity index (χ1) is 13.6. The summed E-state index contributed by atoms with van der Waals surface area (Å²) in [6.07, 6.45) is 0.170. The molecule has 1 saturated heterocycles. The highest BCUT2D eigenvalue weighted by atomic mass is 32.2. The van der Waals surface area contributed by atoms with E-state index in [1.165, 1.54) is 14.1 Å². The lowest BCUT2D eigenvalue weighted by Crippen LogP contribution is -2.32. The van der Waals surface area contributed by atoms with Crippen LogP contribution in [0.25, 0.3) is 0 Å². The van der Waals surface area contributed by atoms with E-state index in [1.54, 1.807) is 17.0 Å². The van der Waals surface area contributed by atoms with Gasteiger partial charge in [-0.2, -0.15) is 0 Å². The number of nitrogens with zero attached hydrogens (tertiary/aromatic N) is 2. The molecule has 2 amide bonds. The Kier molecular flexibility index (Phi) is 6.11. The Morgan fingerprint density at radius 2 is 1.93 bits per heavy atom. The molecule has 2 aromatic rings. The number of thiophene rings is 1. The molecule has 0 aliphatic carbocycles. The van der Waals surface area contributed by atoms with Crippen LogP contribution in [0.15, 0.2) is 34.5 Å². The molecule has 1 aromatic heterocycles. The number of anilines is 1. The van der Waals surface area contributed by atoms with E-state index in [9.17, 15) is 18.0 Å². The smallest absolute Gasteiger partial charge is 0.252 e. The maximum Gasteiger partial charge on any atom is 0.252 e. The summed E-state index contributed by atoms with van der Waals surface area (Å²) in [6, 6.07) is 9.08. The van der Waals surface area contributed by atoms with Crippen molar-refractivity contribution in [1.82, 2.24) is 9.62 Å². The van der Waals surface area contributed by atoms with Gasteiger partial charge in [-0.25, -0.2) is 12.7 Å². The van der Waals surface area contributed by atoms with Crippen molar-refractivity contribution in [2.45, 2.75) is 31.0 Å². The predicted molar refractivity (Wildman–Crippen MR) is 113 cm³/mol. The van der Waals surface area contributed by atoms with Crippen molar-refractivity contribution in [2.75, 3.05) is 25.5 Å². The summed E-state index contributed by atoms with van der Waals surface area (Å²) in [5.74, 6) is -0.687. The maximum absolute atomic E-state index is 12.6. The standard InChI is InChI=1S/C20H25N3O4S2/c1-13-5-6-16(9-14(13)2)23-12-15(10-18(23)24)20(25)21-11-17-7-8-19(28-17)29(26,27)22(3)4/h5-9,15H,10-12H2,1-4H3,(H,21,25). The number of nitrogens with one attached hydrogen (secondary N) is 1. The van der Waals surface area contributed by atoms with E-state index in [2.05, 4.69) is 5.32 Å². The monoisotopic (exact) mass is 435 g/mol. The quantitative estimate of drug-likeness (QED) is 0.754. The first-order valence-corrected chi connectivity index (χ1v) is 11.5. The molecule has 1 aromatic carbocycles. The van der Waals surface area contributed by atoms with Gasteiger partial charge in [-0.15, -0.1) is 11.3 Å². The molecular formula is C20H25N3O4S2. The van der Waals surface area contributed by atoms with Gasteiger partial charge in [-0.3, -0.25) is 9.59 Å². The van der Waals surface area contributed by atoms with Crippen molar-refractivity contribution in [3.8, 4) is 0 Å². The minimum absolute atomic E-state index is 0.0658. The molecule has 0 spiro atoms. The van der Waals surface area contributed by atoms with Gasteiger partial charge in [0.15, 0.2) is 0 Å². The van der Waals surface area contributed by atoms with Crippen LogP contribution >= 0.6 is 11.3 Å². The van der Waals surface area contributed by atoms with Gasteiger partial charge in [0.2, 0.25) is 11.8 Å². The molecule has 0 bridgehead atoms. The van der Waals surface area contributed by atoms with E-state index < -0.39 is 15.9 Å². The third-order valence-corrected chi connectivity index (χ3v) is 8.47. The van der Waals surface area contributed by atoms with Gasteiger partial charge in [0, 0.05) is 37.6 Å². The highest BCUT2D eigenvalue weighted by Crippen LogP contribution is 2.27. The number of benzene rings is 1. The predicted octanol–water partition coefficient (Wildman–Crippen LogP) is 2.28. The van der Waals surface area contributed by atoms with Crippen molar-refractivity contribution in [1.29, 1.82) is 0 Å². The Morgan fingerprint density at radius 3 is 2.59 bits per heavy atom. The van der Waals surface area contributed by atoms with Gasteiger partial charge in [0.1, 0.15) is 4.21 Å². The summed E-state index contributed by atoms with van der Waals surface area (Å²) in [4.78, 5) is 27.4. The summed E-state index contributed by atoms with van der Waals surface area (Å²) in [5, 5.41) is 2.83. The summed E-state index contributed by atoms with van der Waals surface area (Å²) >= 11 is 1.13. The number of carbonyl (C=O) groups excluding carboxylic acids is 2. The van der Waals surface area contributed by atoms with E-state index >= 15 is 0 Å². The Morgan fingerprint density at radius 1 is 1.21 bits per heavy atom. The second-order valence-corrected chi connectivity index (χ2v) is 10.9. The molecule has 1 aliphatic rings. The van der Waals surface area contributed by atoms with Crippen LogP contribution in [0.5, 0.6) is 0 Å². The van der Waals surface area contributed by atoms with E-state index in [-0.39, 0.29) is 29.0 Å². The molecule has 3 rings (SSSR count). The van der Waals surface area contributed by atoms with E-state index in [0.29, 0.717) is 6.54 Å². The minimum atomic E-state index is -3.47. The Hall–Kier alpha value is -2.23. The largest absolute Gasteiger partial charge is 0.351 e. The van der Waals surface area contributed by atoms with Crippen LogP contribution in [0, 0.1) is 19.8 Å². The van der Waals surface area contributed by atoms with Gasteiger partial charge in [-0.05, 0) is 49.2 Å². The summed E-state index contributed by atoms with van der Waals surface area (Å²) in [6.45, 7) is 4.59. The van der Waals surface area contributed by atoms with Crippen LogP contribution in [0.1, 0.15) is 22.4 Å². The molecule has 29 heavy (non-hydrogen) atoms. The van der Waals surface area contributed by atoms with Crippen LogP contribution in [0.2, 0.25) is 0 Å². The van der Waals surface area contributed by atoms with E-state index in [4.69, 9.17) is 0 Å². The molecule has 1 fully saturated rings. The number of hydrogen-bond donors (Lipinski definition) is 1. The molecular weight excluding hydrogens is 410 g/mol. The van der Waals surface area contributed by atoms with Crippen molar-refractivity contribution in [2.24, 2.45) is 5.92 Å². The molecule has 1 unspecified atom stereocenters. The van der Waals surface area contributed by atoms with Gasteiger partial charge >= 0.3 is 0 Å². The van der Waals surface area contributed by atoms with Crippen LogP contribution in [0.4, 0.5) is 5.69 Å². The normalized spacial score (nSPS) is 17.2. The molecule has 1 N–H and O–H groups in total. The van der Waals surface area contributed by atoms with E-state index in [0.717, 1.165) is 37.3 Å². The number of hydrogen-bond acceptors (Lipinski definition) is 5. The highest BCUT2D eigenvalue weighted by molar-refractivity contribution is 7.91. The fraction of sp³-hybridized carbons (Fsp3) is 0.400. The number of sulfonamides is 1. The lowest BCUT2D eigenvalue weighted by Gasteiger charge is -2.18. The van der Waals surface area contributed by atoms with Crippen LogP contribution in [0.3, 0.4) is 0 Å². The fourth-order valence-corrected chi connectivity index (χ4v) is 5.58. The number of amides is 2. The molecule has 1 aliphatic heterocycles. The Balaban J connectivity index is 1.61. The van der Waals surface area contributed by atoms with E-state index in [1.807, 2.05) is 32.0 Å². The molecule has 0 saturated carbocycles. The second-order valence-electron chi connectivity index (χ2n) is 7.40. The Labute approximate surface area is 175 Å². The summed E-state index contributed by atoms with van der Waals surface area (Å²) < 4.78 is 25.7. The highest BCUT2D eigenvalue weighted by Gasteiger charge is 2.35. The lowest BCUT2D eigenvalue weighted by molar-refractivity contribution is -0.126. The lowest BCUT2D eigenvalue weighted by atomic mass is 10.1. The van der Waals surface area contributed by atoms with Crippen molar-refractivity contribution < 1.29 is 18.0 Å².